The molecule has 0 aromatic heterocycles. The fourth-order valence-corrected chi connectivity index (χ4v) is 4.44. The van der Waals surface area contributed by atoms with E-state index >= 15 is 0 Å². The summed E-state index contributed by atoms with van der Waals surface area (Å²) in [6.07, 6.45) is 3.99. The maximum atomic E-state index is 2.51. The summed E-state index contributed by atoms with van der Waals surface area (Å²) in [7, 11) is 0. The first kappa shape index (κ1) is 13.8. The minimum absolute atomic E-state index is 0.376. The zero-order valence-electron chi connectivity index (χ0n) is 11.2. The third-order valence-electron chi connectivity index (χ3n) is 3.54. The van der Waals surface area contributed by atoms with Gasteiger partial charge in [0.15, 0.2) is 0 Å². The summed E-state index contributed by atoms with van der Waals surface area (Å²) in [6.45, 7) is 15.5. The lowest BCUT2D eigenvalue weighted by molar-refractivity contribution is 0.0112. The van der Waals surface area contributed by atoms with Crippen molar-refractivity contribution in [1.29, 1.82) is 0 Å². The highest BCUT2D eigenvalue weighted by molar-refractivity contribution is 14.1. The van der Waals surface area contributed by atoms with Gasteiger partial charge in [-0.3, -0.25) is 0 Å². The van der Waals surface area contributed by atoms with Gasteiger partial charge in [0, 0.05) is 34.9 Å². The SMILES string of the molecule is CCN(I)C1(C)CC(C)(C)CC(C)(C)C1. The molecule has 0 heterocycles. The van der Waals surface area contributed by atoms with E-state index in [2.05, 4.69) is 67.5 Å². The quantitative estimate of drug-likeness (QED) is 0.528. The van der Waals surface area contributed by atoms with Crippen molar-refractivity contribution in [2.24, 2.45) is 10.8 Å². The maximum absolute atomic E-state index is 2.51. The second-order valence-electron chi connectivity index (χ2n) is 7.03. The highest BCUT2D eigenvalue weighted by atomic mass is 127. The normalized spacial score (nSPS) is 28.0. The van der Waals surface area contributed by atoms with E-state index < -0.39 is 0 Å². The molecule has 1 rings (SSSR count). The highest BCUT2D eigenvalue weighted by Crippen LogP contribution is 2.52. The summed E-state index contributed by atoms with van der Waals surface area (Å²) in [5.41, 5.74) is 1.34. The molecule has 1 nitrogen and oxygen atoms in total. The summed E-state index contributed by atoms with van der Waals surface area (Å²) in [5.74, 6) is 0. The third-order valence-corrected chi connectivity index (χ3v) is 5.39. The Morgan fingerprint density at radius 2 is 1.33 bits per heavy atom. The van der Waals surface area contributed by atoms with Gasteiger partial charge in [0.25, 0.3) is 0 Å². The van der Waals surface area contributed by atoms with Crippen LogP contribution in [0, 0.1) is 10.8 Å². The van der Waals surface area contributed by atoms with Crippen molar-refractivity contribution in [3.63, 3.8) is 0 Å². The van der Waals surface area contributed by atoms with E-state index in [9.17, 15) is 0 Å². The average molecular weight is 323 g/mol. The molecule has 1 aliphatic carbocycles. The lowest BCUT2D eigenvalue weighted by Crippen LogP contribution is -2.51. The van der Waals surface area contributed by atoms with E-state index in [4.69, 9.17) is 0 Å². The second-order valence-corrected chi connectivity index (χ2v) is 8.20. The van der Waals surface area contributed by atoms with Gasteiger partial charge in [0.2, 0.25) is 0 Å². The van der Waals surface area contributed by atoms with Crippen molar-refractivity contribution in [3.05, 3.63) is 0 Å². The molecule has 0 aliphatic heterocycles. The van der Waals surface area contributed by atoms with Crippen molar-refractivity contribution in [2.75, 3.05) is 6.54 Å². The molecule has 0 amide bonds. The Labute approximate surface area is 109 Å². The zero-order chi connectivity index (χ0) is 11.9. The predicted octanol–water partition coefficient (Wildman–Crippen LogP) is 4.65. The number of rotatable bonds is 2. The molecule has 2 heteroatoms. The van der Waals surface area contributed by atoms with Crippen LogP contribution in [-0.4, -0.2) is 15.2 Å². The standard InChI is InChI=1S/C13H26IN/c1-7-15(14)13(6)9-11(2,3)8-12(4,5)10-13/h7-10H2,1-6H3. The van der Waals surface area contributed by atoms with Gasteiger partial charge in [0.05, 0.1) is 0 Å². The van der Waals surface area contributed by atoms with Gasteiger partial charge in [-0.1, -0.05) is 34.6 Å². The van der Waals surface area contributed by atoms with Gasteiger partial charge >= 0.3 is 0 Å². The molecule has 15 heavy (non-hydrogen) atoms. The molecule has 90 valence electrons. The Balaban J connectivity index is 2.92. The van der Waals surface area contributed by atoms with Gasteiger partial charge in [-0.15, -0.1) is 0 Å². The molecule has 1 fully saturated rings. The van der Waals surface area contributed by atoms with E-state index in [1.54, 1.807) is 0 Å². The number of nitrogens with zero attached hydrogens (tertiary/aromatic N) is 1. The largest absolute Gasteiger partial charge is 0.242 e. The molecule has 0 radical (unpaired) electrons. The molecule has 0 aromatic rings. The van der Waals surface area contributed by atoms with Crippen molar-refractivity contribution in [1.82, 2.24) is 3.11 Å². The molecule has 0 spiro atoms. The van der Waals surface area contributed by atoms with Gasteiger partial charge in [-0.05, 0) is 37.0 Å². The Bertz CT molecular complexity index is 217. The fourth-order valence-electron chi connectivity index (χ4n) is 4.10. The van der Waals surface area contributed by atoms with E-state index in [1.165, 1.54) is 19.3 Å². The molecule has 1 aliphatic rings. The van der Waals surface area contributed by atoms with Crippen LogP contribution in [0.2, 0.25) is 0 Å². The summed E-state index contributed by atoms with van der Waals surface area (Å²) in [6, 6.07) is 0. The summed E-state index contributed by atoms with van der Waals surface area (Å²) in [4.78, 5) is 0. The topological polar surface area (TPSA) is 3.24 Å². The van der Waals surface area contributed by atoms with Crippen molar-refractivity contribution in [3.8, 4) is 0 Å². The minimum Gasteiger partial charge on any atom is -0.242 e. The molecule has 0 aromatic carbocycles. The van der Waals surface area contributed by atoms with E-state index in [0.29, 0.717) is 16.4 Å². The average Bonchev–Trinajstić information content (AvgIpc) is 1.95. The van der Waals surface area contributed by atoms with Crippen LogP contribution in [-0.2, 0) is 0 Å². The predicted molar refractivity (Wildman–Crippen MR) is 76.2 cm³/mol. The highest BCUT2D eigenvalue weighted by Gasteiger charge is 2.46. The first-order chi connectivity index (χ1) is 6.60. The second kappa shape index (κ2) is 4.17. The summed E-state index contributed by atoms with van der Waals surface area (Å²) < 4.78 is 2.51. The van der Waals surface area contributed by atoms with Crippen molar-refractivity contribution in [2.45, 2.75) is 66.3 Å². The Kier molecular flexibility index (Phi) is 3.82. The zero-order valence-corrected chi connectivity index (χ0v) is 13.3. The Morgan fingerprint density at radius 3 is 1.67 bits per heavy atom. The van der Waals surface area contributed by atoms with Crippen LogP contribution in [0.3, 0.4) is 0 Å². The van der Waals surface area contributed by atoms with Gasteiger partial charge in [-0.25, -0.2) is 3.11 Å². The van der Waals surface area contributed by atoms with Crippen LogP contribution < -0.4 is 0 Å². The van der Waals surface area contributed by atoms with Crippen LogP contribution in [0.25, 0.3) is 0 Å². The van der Waals surface area contributed by atoms with Crippen molar-refractivity contribution < 1.29 is 0 Å². The van der Waals surface area contributed by atoms with Gasteiger partial charge < -0.3 is 0 Å². The Morgan fingerprint density at radius 1 is 0.933 bits per heavy atom. The molecule has 0 N–H and O–H groups in total. The molecule has 0 bridgehead atoms. The van der Waals surface area contributed by atoms with Gasteiger partial charge in [0.1, 0.15) is 0 Å². The fraction of sp³-hybridized carbons (Fsp3) is 1.00. The monoisotopic (exact) mass is 323 g/mol. The maximum Gasteiger partial charge on any atom is 0.0287 e. The van der Waals surface area contributed by atoms with Crippen LogP contribution >= 0.6 is 22.9 Å². The number of hydrogen-bond donors (Lipinski definition) is 0. The van der Waals surface area contributed by atoms with E-state index in [0.717, 1.165) is 6.54 Å². The number of halogens is 1. The van der Waals surface area contributed by atoms with E-state index in [-0.39, 0.29) is 0 Å². The molecule has 0 atom stereocenters. The first-order valence-electron chi connectivity index (χ1n) is 6.04. The smallest absolute Gasteiger partial charge is 0.0287 e. The van der Waals surface area contributed by atoms with Gasteiger partial charge in [-0.2, -0.15) is 0 Å². The summed E-state index contributed by atoms with van der Waals surface area (Å²) >= 11 is 2.51. The lowest BCUT2D eigenvalue weighted by atomic mass is 9.59. The summed E-state index contributed by atoms with van der Waals surface area (Å²) in [5, 5.41) is 0. The number of hydrogen-bond acceptors (Lipinski definition) is 1. The molecule has 0 unspecified atom stereocenters. The van der Waals surface area contributed by atoms with E-state index in [1.807, 2.05) is 0 Å². The van der Waals surface area contributed by atoms with Crippen molar-refractivity contribution >= 4 is 22.9 Å². The minimum atomic E-state index is 0.376. The Hall–Kier alpha value is 0.690. The molecule has 1 saturated carbocycles. The first-order valence-corrected chi connectivity index (χ1v) is 7.00. The third kappa shape index (κ3) is 3.32. The van der Waals surface area contributed by atoms with Crippen LogP contribution in [0.15, 0.2) is 0 Å². The molecule has 0 saturated heterocycles. The molecular formula is C13H26IN. The molecular weight excluding hydrogens is 297 g/mol. The van der Waals surface area contributed by atoms with Crippen LogP contribution in [0.5, 0.6) is 0 Å². The lowest BCUT2D eigenvalue weighted by Gasteiger charge is -2.53. The van der Waals surface area contributed by atoms with Crippen LogP contribution in [0.4, 0.5) is 0 Å². The van der Waals surface area contributed by atoms with Crippen LogP contribution in [0.1, 0.15) is 60.8 Å².